The first-order chi connectivity index (χ1) is 6.61. The summed E-state index contributed by atoms with van der Waals surface area (Å²) in [5.74, 6) is -0.409. The summed E-state index contributed by atoms with van der Waals surface area (Å²) in [5.41, 5.74) is 5.33. The van der Waals surface area contributed by atoms with Crippen molar-refractivity contribution in [2.45, 2.75) is 32.2 Å². The fourth-order valence-electron chi connectivity index (χ4n) is 1.14. The van der Waals surface area contributed by atoms with Crippen molar-refractivity contribution >= 4 is 23.3 Å². The summed E-state index contributed by atoms with van der Waals surface area (Å²) in [5, 5.41) is 2.58. The van der Waals surface area contributed by atoms with E-state index in [1.165, 1.54) is 6.92 Å². The van der Waals surface area contributed by atoms with Crippen LogP contribution in [0.1, 0.15) is 26.2 Å². The fraction of sp³-hybridized carbons (Fsp3) is 0.778. The molecule has 5 heteroatoms. The third-order valence-corrected chi connectivity index (χ3v) is 2.11. The van der Waals surface area contributed by atoms with Crippen molar-refractivity contribution in [1.29, 1.82) is 0 Å². The highest BCUT2D eigenvalue weighted by atomic mass is 35.5. The molecule has 0 rings (SSSR count). The van der Waals surface area contributed by atoms with Crippen LogP contribution in [0.5, 0.6) is 0 Å². The molecule has 0 unspecified atom stereocenters. The number of unbranched alkanes of at least 4 members (excludes halogenated alkanes) is 1. The maximum absolute atomic E-state index is 11.3. The number of carbonyl (C=O) groups is 2. The summed E-state index contributed by atoms with van der Waals surface area (Å²) in [6.07, 6.45) is 2.29. The van der Waals surface area contributed by atoms with Crippen molar-refractivity contribution < 1.29 is 9.59 Å². The molecule has 1 atom stereocenters. The minimum Gasteiger partial charge on any atom is -0.346 e. The standard InChI is InChI=1S/C9H17ClN2O2/c1-7(13)12-8(9(14)6-10)4-2-3-5-11/h8H,2-6,11H2,1H3,(H,12,13)/t8-/m0/s1. The molecule has 0 aliphatic rings. The molecule has 1 amide bonds. The van der Waals surface area contributed by atoms with Crippen LogP contribution in [0.2, 0.25) is 0 Å². The zero-order valence-corrected chi connectivity index (χ0v) is 9.14. The van der Waals surface area contributed by atoms with Gasteiger partial charge in [0.25, 0.3) is 0 Å². The normalized spacial score (nSPS) is 12.2. The van der Waals surface area contributed by atoms with E-state index in [-0.39, 0.29) is 17.6 Å². The summed E-state index contributed by atoms with van der Waals surface area (Å²) in [7, 11) is 0. The van der Waals surface area contributed by atoms with Gasteiger partial charge in [0.05, 0.1) is 11.9 Å². The molecule has 0 aromatic heterocycles. The Kier molecular flexibility index (Phi) is 7.42. The second kappa shape index (κ2) is 7.76. The van der Waals surface area contributed by atoms with E-state index in [1.807, 2.05) is 0 Å². The maximum atomic E-state index is 11.3. The van der Waals surface area contributed by atoms with Gasteiger partial charge in [-0.1, -0.05) is 0 Å². The molecule has 82 valence electrons. The minimum atomic E-state index is -0.448. The lowest BCUT2D eigenvalue weighted by molar-refractivity contribution is -0.125. The lowest BCUT2D eigenvalue weighted by Gasteiger charge is -2.14. The molecule has 0 aliphatic carbocycles. The smallest absolute Gasteiger partial charge is 0.217 e. The molecule has 0 spiro atoms. The van der Waals surface area contributed by atoms with E-state index >= 15 is 0 Å². The number of amides is 1. The molecule has 14 heavy (non-hydrogen) atoms. The number of rotatable bonds is 7. The van der Waals surface area contributed by atoms with E-state index in [0.29, 0.717) is 13.0 Å². The fourth-order valence-corrected chi connectivity index (χ4v) is 1.33. The summed E-state index contributed by atoms with van der Waals surface area (Å²) in [6, 6.07) is -0.448. The van der Waals surface area contributed by atoms with Crippen LogP contribution in [0.3, 0.4) is 0 Å². The molecule has 3 N–H and O–H groups in total. The number of nitrogens with one attached hydrogen (secondary N) is 1. The number of halogens is 1. The second-order valence-electron chi connectivity index (χ2n) is 3.14. The Morgan fingerprint density at radius 1 is 1.43 bits per heavy atom. The Labute approximate surface area is 89.2 Å². The molecule has 0 radical (unpaired) electrons. The Morgan fingerprint density at radius 2 is 2.07 bits per heavy atom. The lowest BCUT2D eigenvalue weighted by Crippen LogP contribution is -2.40. The van der Waals surface area contributed by atoms with Crippen molar-refractivity contribution in [3.8, 4) is 0 Å². The molecule has 0 aromatic carbocycles. The molecule has 0 fully saturated rings. The SMILES string of the molecule is CC(=O)N[C@@H](CCCCN)C(=O)CCl. The van der Waals surface area contributed by atoms with Crippen molar-refractivity contribution in [2.75, 3.05) is 12.4 Å². The first kappa shape index (κ1) is 13.4. The van der Waals surface area contributed by atoms with Crippen LogP contribution >= 0.6 is 11.6 Å². The zero-order chi connectivity index (χ0) is 11.0. The van der Waals surface area contributed by atoms with E-state index in [1.54, 1.807) is 0 Å². The van der Waals surface area contributed by atoms with E-state index in [0.717, 1.165) is 12.8 Å². The minimum absolute atomic E-state index is 0.0619. The monoisotopic (exact) mass is 220 g/mol. The predicted octanol–water partition coefficient (Wildman–Crippen LogP) is 0.428. The maximum Gasteiger partial charge on any atom is 0.217 e. The summed E-state index contributed by atoms with van der Waals surface area (Å²) in [4.78, 5) is 22.0. The number of hydrogen-bond acceptors (Lipinski definition) is 3. The third kappa shape index (κ3) is 5.94. The Balaban J connectivity index is 3.97. The van der Waals surface area contributed by atoms with E-state index in [2.05, 4.69) is 5.32 Å². The van der Waals surface area contributed by atoms with Crippen LogP contribution in [-0.2, 0) is 9.59 Å². The molecule has 0 heterocycles. The summed E-state index contributed by atoms with van der Waals surface area (Å²) >= 11 is 5.42. The molecule has 0 saturated heterocycles. The van der Waals surface area contributed by atoms with Crippen LogP contribution in [-0.4, -0.2) is 30.2 Å². The largest absolute Gasteiger partial charge is 0.346 e. The quantitative estimate of drug-likeness (QED) is 0.483. The number of carbonyl (C=O) groups excluding carboxylic acids is 2. The number of ketones is 1. The first-order valence-electron chi connectivity index (χ1n) is 4.67. The van der Waals surface area contributed by atoms with Gasteiger partial charge in [0.2, 0.25) is 5.91 Å². The lowest BCUT2D eigenvalue weighted by atomic mass is 10.1. The van der Waals surface area contributed by atoms with Crippen LogP contribution in [0.25, 0.3) is 0 Å². The van der Waals surface area contributed by atoms with E-state index in [4.69, 9.17) is 17.3 Å². The topological polar surface area (TPSA) is 72.2 Å². The molecule has 0 aromatic rings. The van der Waals surface area contributed by atoms with Crippen LogP contribution in [0.4, 0.5) is 0 Å². The summed E-state index contributed by atoms with van der Waals surface area (Å²) < 4.78 is 0. The van der Waals surface area contributed by atoms with E-state index < -0.39 is 6.04 Å². The van der Waals surface area contributed by atoms with Crippen molar-refractivity contribution in [3.05, 3.63) is 0 Å². The van der Waals surface area contributed by atoms with Crippen molar-refractivity contribution in [3.63, 3.8) is 0 Å². The van der Waals surface area contributed by atoms with Gasteiger partial charge in [-0.25, -0.2) is 0 Å². The Morgan fingerprint density at radius 3 is 2.50 bits per heavy atom. The zero-order valence-electron chi connectivity index (χ0n) is 8.38. The van der Waals surface area contributed by atoms with E-state index in [9.17, 15) is 9.59 Å². The molecular weight excluding hydrogens is 204 g/mol. The molecule has 0 saturated carbocycles. The second-order valence-corrected chi connectivity index (χ2v) is 3.40. The highest BCUT2D eigenvalue weighted by Crippen LogP contribution is 2.02. The van der Waals surface area contributed by atoms with Crippen LogP contribution < -0.4 is 11.1 Å². The van der Waals surface area contributed by atoms with Crippen LogP contribution in [0, 0.1) is 0 Å². The van der Waals surface area contributed by atoms with Gasteiger partial charge in [-0.05, 0) is 25.8 Å². The Hall–Kier alpha value is -0.610. The number of Topliss-reactive ketones (excluding diaryl/α,β-unsaturated/α-hetero) is 1. The van der Waals surface area contributed by atoms with Gasteiger partial charge >= 0.3 is 0 Å². The average Bonchev–Trinajstić information content (AvgIpc) is 2.15. The number of alkyl halides is 1. The van der Waals surface area contributed by atoms with Crippen molar-refractivity contribution in [2.24, 2.45) is 5.73 Å². The van der Waals surface area contributed by atoms with Crippen molar-refractivity contribution in [1.82, 2.24) is 5.32 Å². The molecule has 0 aliphatic heterocycles. The molecule has 0 bridgehead atoms. The average molecular weight is 221 g/mol. The van der Waals surface area contributed by atoms with Gasteiger partial charge in [-0.2, -0.15) is 0 Å². The Bertz CT molecular complexity index is 197. The van der Waals surface area contributed by atoms with Gasteiger partial charge < -0.3 is 11.1 Å². The third-order valence-electron chi connectivity index (χ3n) is 1.84. The summed E-state index contributed by atoms with van der Waals surface area (Å²) in [6.45, 7) is 1.99. The first-order valence-corrected chi connectivity index (χ1v) is 5.21. The predicted molar refractivity (Wildman–Crippen MR) is 56.2 cm³/mol. The van der Waals surface area contributed by atoms with Gasteiger partial charge in [-0.15, -0.1) is 11.6 Å². The van der Waals surface area contributed by atoms with Gasteiger partial charge in [0, 0.05) is 6.92 Å². The highest BCUT2D eigenvalue weighted by Gasteiger charge is 2.17. The van der Waals surface area contributed by atoms with Crippen LogP contribution in [0.15, 0.2) is 0 Å². The molecular formula is C9H17ClN2O2. The highest BCUT2D eigenvalue weighted by molar-refractivity contribution is 6.28. The van der Waals surface area contributed by atoms with Gasteiger partial charge in [0.15, 0.2) is 5.78 Å². The van der Waals surface area contributed by atoms with Gasteiger partial charge in [0.1, 0.15) is 0 Å². The number of hydrogen-bond donors (Lipinski definition) is 2. The number of nitrogens with two attached hydrogens (primary N) is 1. The van der Waals surface area contributed by atoms with Gasteiger partial charge in [-0.3, -0.25) is 9.59 Å². The molecule has 4 nitrogen and oxygen atoms in total.